The normalized spacial score (nSPS) is 24.4. The fraction of sp³-hybridized carbons (Fsp3) is 0.194. The number of hydrogen-bond acceptors (Lipinski definition) is 7. The number of halogens is 1. The van der Waals surface area contributed by atoms with E-state index in [2.05, 4.69) is 4.98 Å². The van der Waals surface area contributed by atoms with Crippen molar-refractivity contribution in [3.8, 4) is 17.2 Å². The lowest BCUT2D eigenvalue weighted by atomic mass is 9.59. The molecule has 1 saturated heterocycles. The maximum Gasteiger partial charge on any atom is 0.238 e. The molecule has 1 fully saturated rings. The minimum atomic E-state index is -0.855. The Labute approximate surface area is 256 Å². The number of rotatable bonds is 3. The van der Waals surface area contributed by atoms with Crippen molar-refractivity contribution in [2.24, 2.45) is 17.8 Å². The predicted octanol–water partition coefficient (Wildman–Crippen LogP) is 5.97. The van der Waals surface area contributed by atoms with Crippen LogP contribution in [0, 0.1) is 23.6 Å². The van der Waals surface area contributed by atoms with Crippen LogP contribution in [0.25, 0.3) is 22.6 Å². The molecule has 3 aliphatic carbocycles. The Kier molecular flexibility index (Phi) is 5.90. The van der Waals surface area contributed by atoms with E-state index in [4.69, 9.17) is 4.42 Å². The molecule has 1 aromatic heterocycles. The van der Waals surface area contributed by atoms with Gasteiger partial charge in [-0.1, -0.05) is 29.8 Å². The molecule has 8 rings (SSSR count). The number of anilines is 1. The van der Waals surface area contributed by atoms with E-state index in [0.717, 1.165) is 11.6 Å². The van der Waals surface area contributed by atoms with Crippen molar-refractivity contribution in [1.29, 1.82) is 0 Å². The van der Waals surface area contributed by atoms with Gasteiger partial charge < -0.3 is 9.52 Å². The van der Waals surface area contributed by atoms with Gasteiger partial charge in [0.05, 0.1) is 17.5 Å². The lowest BCUT2D eigenvalue weighted by molar-refractivity contribution is -0.123. The lowest BCUT2D eigenvalue weighted by Crippen LogP contribution is -2.39. The minimum Gasteiger partial charge on any atom is -0.505 e. The maximum atomic E-state index is 14.6. The summed E-state index contributed by atoms with van der Waals surface area (Å²) in [6.45, 7) is 1.57. The fourth-order valence-electron chi connectivity index (χ4n) is 7.47. The average Bonchev–Trinajstić information content (AvgIpc) is 3.59. The number of phenols is 1. The van der Waals surface area contributed by atoms with Gasteiger partial charge in [-0.3, -0.25) is 24.1 Å². The summed E-state index contributed by atoms with van der Waals surface area (Å²) < 4.78 is 20.5. The highest BCUT2D eigenvalue weighted by molar-refractivity contribution is 6.25. The number of ketones is 2. The lowest BCUT2D eigenvalue weighted by Gasteiger charge is -2.42. The monoisotopic (exact) mass is 600 g/mol. The van der Waals surface area contributed by atoms with E-state index in [1.807, 2.05) is 30.3 Å². The molecule has 0 spiro atoms. The Morgan fingerprint density at radius 2 is 1.73 bits per heavy atom. The molecular weight excluding hydrogens is 575 g/mol. The van der Waals surface area contributed by atoms with Crippen molar-refractivity contribution in [2.75, 3.05) is 4.90 Å². The minimum absolute atomic E-state index is 0.124. The van der Waals surface area contributed by atoms with Crippen LogP contribution in [0.4, 0.5) is 10.1 Å². The molecule has 0 bridgehead atoms. The summed E-state index contributed by atoms with van der Waals surface area (Å²) in [5.41, 5.74) is 4.43. The number of phenolic OH excluding ortho intramolecular Hbond substituents is 1. The molecule has 8 nitrogen and oxygen atoms in total. The number of allylic oxidation sites excluding steroid dienone is 6. The van der Waals surface area contributed by atoms with E-state index < -0.39 is 35.2 Å². The van der Waals surface area contributed by atoms with E-state index >= 15 is 0 Å². The third-order valence-electron chi connectivity index (χ3n) is 9.53. The van der Waals surface area contributed by atoms with Gasteiger partial charge >= 0.3 is 0 Å². The Hall–Kier alpha value is -5.44. The molecule has 4 aliphatic rings. The number of Topliss-reactive ketones (excluding diaryl/α,β-unsaturated/α-hetero) is 1. The average molecular weight is 601 g/mol. The Balaban J connectivity index is 1.16. The molecule has 0 radical (unpaired) electrons. The van der Waals surface area contributed by atoms with Crippen LogP contribution in [0.5, 0.6) is 5.75 Å². The van der Waals surface area contributed by atoms with Gasteiger partial charge in [-0.05, 0) is 85.9 Å². The van der Waals surface area contributed by atoms with Crippen molar-refractivity contribution >= 4 is 40.2 Å². The first-order valence-electron chi connectivity index (χ1n) is 14.7. The summed E-state index contributed by atoms with van der Waals surface area (Å²) in [6.07, 6.45) is 3.56. The van der Waals surface area contributed by atoms with E-state index in [-0.39, 0.29) is 41.8 Å². The Morgan fingerprint density at radius 3 is 2.49 bits per heavy atom. The van der Waals surface area contributed by atoms with Crippen molar-refractivity contribution < 1.29 is 33.1 Å². The van der Waals surface area contributed by atoms with Gasteiger partial charge in [-0.15, -0.1) is 0 Å². The van der Waals surface area contributed by atoms with Gasteiger partial charge in [0, 0.05) is 28.2 Å². The highest BCUT2D eigenvalue weighted by atomic mass is 19.1. The number of benzene rings is 3. The second-order valence-electron chi connectivity index (χ2n) is 12.0. The molecule has 1 N–H and O–H groups in total. The molecule has 0 saturated carbocycles. The highest BCUT2D eigenvalue weighted by Gasteiger charge is 2.56. The first-order valence-corrected chi connectivity index (χ1v) is 14.7. The topological polar surface area (TPSA) is 118 Å². The van der Waals surface area contributed by atoms with Crippen LogP contribution < -0.4 is 4.90 Å². The van der Waals surface area contributed by atoms with Crippen LogP contribution >= 0.6 is 0 Å². The van der Waals surface area contributed by atoms with E-state index in [1.165, 1.54) is 23.1 Å². The maximum absolute atomic E-state index is 14.6. The molecular formula is C36H25FN2O6. The Morgan fingerprint density at radius 1 is 0.956 bits per heavy atom. The number of para-hydroxylation sites is 2. The summed E-state index contributed by atoms with van der Waals surface area (Å²) in [5, 5.41) is 9.85. The number of carbonyl (C=O) groups excluding carboxylic acids is 4. The third-order valence-corrected chi connectivity index (χ3v) is 9.53. The highest BCUT2D eigenvalue weighted by Crippen LogP contribution is 2.55. The number of fused-ring (bicyclic) bond motifs is 4. The molecule has 222 valence electrons. The molecule has 9 heteroatoms. The predicted molar refractivity (Wildman–Crippen MR) is 161 cm³/mol. The van der Waals surface area contributed by atoms with Gasteiger partial charge in [0.25, 0.3) is 0 Å². The summed E-state index contributed by atoms with van der Waals surface area (Å²) in [5.74, 6) is -5.05. The molecule has 2 heterocycles. The van der Waals surface area contributed by atoms with Crippen molar-refractivity contribution in [3.63, 3.8) is 0 Å². The summed E-state index contributed by atoms with van der Waals surface area (Å²) in [4.78, 5) is 60.5. The number of amides is 2. The first kappa shape index (κ1) is 27.1. The van der Waals surface area contributed by atoms with E-state index in [1.54, 1.807) is 31.2 Å². The van der Waals surface area contributed by atoms with Crippen LogP contribution in [0.15, 0.2) is 106 Å². The molecule has 4 atom stereocenters. The van der Waals surface area contributed by atoms with Crippen LogP contribution in [0.2, 0.25) is 0 Å². The quantitative estimate of drug-likeness (QED) is 0.175. The molecule has 1 aliphatic heterocycles. The van der Waals surface area contributed by atoms with E-state index in [0.29, 0.717) is 45.0 Å². The van der Waals surface area contributed by atoms with Crippen LogP contribution in [0.1, 0.15) is 31.2 Å². The number of oxazole rings is 1. The molecule has 4 aromatic rings. The van der Waals surface area contributed by atoms with E-state index in [9.17, 15) is 28.7 Å². The number of nitrogens with zero attached hydrogens (tertiary/aromatic N) is 2. The van der Waals surface area contributed by atoms with Crippen molar-refractivity contribution in [3.05, 3.63) is 113 Å². The standard InChI is InChI=1S/C36H25FN2O6/c1-17-14-28(41)32-24(33(17)42)16-23-21(30(32)19-8-13-27(40)25(37)15-19)11-12-22-31(23)36(44)39(35(22)43)20-9-6-18(7-10-20)34-38-26-4-2-3-5-29(26)45-34/h2-11,13-15,22-23,30-31,40H,12,16H2,1H3. The smallest absolute Gasteiger partial charge is 0.238 e. The van der Waals surface area contributed by atoms with Crippen LogP contribution in [-0.4, -0.2) is 33.5 Å². The van der Waals surface area contributed by atoms with Gasteiger partial charge in [0.15, 0.2) is 28.7 Å². The molecule has 45 heavy (non-hydrogen) atoms. The summed E-state index contributed by atoms with van der Waals surface area (Å²) in [7, 11) is 0. The number of carbonyl (C=O) groups is 4. The zero-order chi connectivity index (χ0) is 31.1. The number of aromatic nitrogens is 1. The second-order valence-corrected chi connectivity index (χ2v) is 12.0. The fourth-order valence-corrected chi connectivity index (χ4v) is 7.47. The van der Waals surface area contributed by atoms with Crippen molar-refractivity contribution in [2.45, 2.75) is 25.7 Å². The Bertz CT molecular complexity index is 2070. The zero-order valence-corrected chi connectivity index (χ0v) is 24.0. The third kappa shape index (κ3) is 4.00. The summed E-state index contributed by atoms with van der Waals surface area (Å²) >= 11 is 0. The van der Waals surface area contributed by atoms with Crippen molar-refractivity contribution in [1.82, 2.24) is 4.98 Å². The number of imide groups is 1. The van der Waals surface area contributed by atoms with Gasteiger partial charge in [0.2, 0.25) is 17.7 Å². The molecule has 3 aromatic carbocycles. The van der Waals surface area contributed by atoms with Gasteiger partial charge in [-0.25, -0.2) is 9.37 Å². The second kappa shape index (κ2) is 9.79. The summed E-state index contributed by atoms with van der Waals surface area (Å²) in [6, 6.07) is 18.2. The molecule has 2 amide bonds. The first-order chi connectivity index (χ1) is 21.7. The van der Waals surface area contributed by atoms with Crippen LogP contribution in [0.3, 0.4) is 0 Å². The molecule has 4 unspecified atom stereocenters. The number of aromatic hydroxyl groups is 1. The largest absolute Gasteiger partial charge is 0.505 e. The number of hydrogen-bond donors (Lipinski definition) is 1. The van der Waals surface area contributed by atoms with Crippen LogP contribution in [-0.2, 0) is 19.2 Å². The van der Waals surface area contributed by atoms with Gasteiger partial charge in [-0.2, -0.15) is 0 Å². The SMILES string of the molecule is CC1=CC(=O)C2=C(CC3C(=CCC4C(=O)N(c5ccc(-c6nc7ccccc7o6)cc5)C(=O)C43)C2c2ccc(O)c(F)c2)C1=O. The van der Waals surface area contributed by atoms with Gasteiger partial charge in [0.1, 0.15) is 5.52 Å². The zero-order valence-electron chi connectivity index (χ0n) is 24.0.